The maximum atomic E-state index is 13.6. The maximum Gasteiger partial charge on any atom is 0.272 e. The Morgan fingerprint density at radius 3 is 1.96 bits per heavy atom. The van der Waals surface area contributed by atoms with Crippen LogP contribution in [0.2, 0.25) is 0 Å². The van der Waals surface area contributed by atoms with Crippen molar-refractivity contribution < 1.29 is 33.3 Å². The molecule has 0 aliphatic carbocycles. The lowest BCUT2D eigenvalue weighted by molar-refractivity contribution is -0.115. The van der Waals surface area contributed by atoms with Gasteiger partial charge in [-0.3, -0.25) is 14.4 Å². The van der Waals surface area contributed by atoms with Crippen molar-refractivity contribution in [3.63, 3.8) is 0 Å². The van der Waals surface area contributed by atoms with E-state index in [0.29, 0.717) is 45.5 Å². The number of amides is 3. The predicted octanol–water partition coefficient (Wildman–Crippen LogP) is 6.25. The lowest BCUT2D eigenvalue weighted by atomic mass is 10.1. The summed E-state index contributed by atoms with van der Waals surface area (Å²) < 4.78 is 21.6. The summed E-state index contributed by atoms with van der Waals surface area (Å²) in [6, 6.07) is 26.1. The summed E-state index contributed by atoms with van der Waals surface area (Å²) in [5, 5.41) is 8.04. The van der Waals surface area contributed by atoms with E-state index < -0.39 is 17.1 Å². The van der Waals surface area contributed by atoms with E-state index in [2.05, 4.69) is 16.0 Å². The molecule has 10 nitrogen and oxygen atoms in total. The smallest absolute Gasteiger partial charge is 0.272 e. The summed E-state index contributed by atoms with van der Waals surface area (Å²) in [5.74, 6) is 0.636. The number of hydrogen-bond donors (Lipinski definition) is 3. The SMILES string of the molecule is COc1cc(OC)c(OC)cc1/C=C(\NC(=O)c1ccccc1)C(=O)Nc1ccc(SC(C)C(=O)Nc2ccccc2OC)cc1. The van der Waals surface area contributed by atoms with E-state index >= 15 is 0 Å². The minimum atomic E-state index is -0.564. The number of thioether (sulfide) groups is 1. The Morgan fingerprint density at radius 2 is 1.30 bits per heavy atom. The second-order valence-electron chi connectivity index (χ2n) is 9.76. The Labute approximate surface area is 272 Å². The summed E-state index contributed by atoms with van der Waals surface area (Å²) in [6.45, 7) is 1.81. The van der Waals surface area contributed by atoms with Gasteiger partial charge >= 0.3 is 0 Å². The fourth-order valence-electron chi connectivity index (χ4n) is 4.32. The first kappa shape index (κ1) is 33.5. The number of anilines is 2. The quantitative estimate of drug-likeness (QED) is 0.116. The number of carbonyl (C=O) groups is 3. The third-order valence-electron chi connectivity index (χ3n) is 6.72. The van der Waals surface area contributed by atoms with Crippen LogP contribution in [0.4, 0.5) is 11.4 Å². The molecule has 0 aliphatic rings. The molecule has 0 spiro atoms. The van der Waals surface area contributed by atoms with Gasteiger partial charge in [0, 0.05) is 27.8 Å². The molecule has 0 aromatic heterocycles. The van der Waals surface area contributed by atoms with Crippen LogP contribution < -0.4 is 34.9 Å². The molecule has 0 radical (unpaired) electrons. The standard InChI is InChI=1S/C35H35N3O7S/c1-22(33(39)37-27-13-9-10-14-29(27)42-2)46-26-17-15-25(16-18-26)36-35(41)28(38-34(40)23-11-7-6-8-12-23)19-24-20-31(44-4)32(45-5)21-30(24)43-3/h6-22H,1-5H3,(H,36,41)(H,37,39)(H,38,40)/b28-19-. The predicted molar refractivity (Wildman–Crippen MR) is 180 cm³/mol. The summed E-state index contributed by atoms with van der Waals surface area (Å²) >= 11 is 1.37. The van der Waals surface area contributed by atoms with Gasteiger partial charge in [0.1, 0.15) is 17.2 Å². The highest BCUT2D eigenvalue weighted by Crippen LogP contribution is 2.36. The van der Waals surface area contributed by atoms with E-state index in [4.69, 9.17) is 18.9 Å². The normalized spacial score (nSPS) is 11.5. The first-order valence-electron chi connectivity index (χ1n) is 14.2. The van der Waals surface area contributed by atoms with Crippen LogP contribution in [-0.4, -0.2) is 51.4 Å². The van der Waals surface area contributed by atoms with Crippen molar-refractivity contribution in [2.24, 2.45) is 0 Å². The molecule has 0 fully saturated rings. The molecule has 1 atom stereocenters. The van der Waals surface area contributed by atoms with Crippen LogP contribution in [-0.2, 0) is 9.59 Å². The maximum absolute atomic E-state index is 13.6. The summed E-state index contributed by atoms with van der Waals surface area (Å²) in [5.41, 5.74) is 1.91. The molecule has 1 unspecified atom stereocenters. The highest BCUT2D eigenvalue weighted by molar-refractivity contribution is 8.00. The minimum absolute atomic E-state index is 0.0283. The van der Waals surface area contributed by atoms with Crippen LogP contribution >= 0.6 is 11.8 Å². The van der Waals surface area contributed by atoms with Gasteiger partial charge in [-0.25, -0.2) is 0 Å². The number of methoxy groups -OCH3 is 4. The average Bonchev–Trinajstić information content (AvgIpc) is 3.08. The second kappa shape index (κ2) is 16.1. The van der Waals surface area contributed by atoms with Gasteiger partial charge in [0.2, 0.25) is 5.91 Å². The third kappa shape index (κ3) is 8.60. The van der Waals surface area contributed by atoms with Crippen molar-refractivity contribution in [2.45, 2.75) is 17.1 Å². The lowest BCUT2D eigenvalue weighted by Crippen LogP contribution is -2.30. The average molecular weight is 642 g/mol. The van der Waals surface area contributed by atoms with Crippen LogP contribution in [0.25, 0.3) is 6.08 Å². The van der Waals surface area contributed by atoms with Crippen LogP contribution in [0.1, 0.15) is 22.8 Å². The molecule has 238 valence electrons. The number of ether oxygens (including phenoxy) is 4. The van der Waals surface area contributed by atoms with Crippen LogP contribution in [0.5, 0.6) is 23.0 Å². The molecule has 4 rings (SSSR count). The van der Waals surface area contributed by atoms with Gasteiger partial charge in [0.15, 0.2) is 11.5 Å². The number of rotatable bonds is 13. The Bertz CT molecular complexity index is 1710. The van der Waals surface area contributed by atoms with Gasteiger partial charge in [-0.1, -0.05) is 30.3 Å². The zero-order chi connectivity index (χ0) is 33.1. The van der Waals surface area contributed by atoms with Gasteiger partial charge in [-0.15, -0.1) is 11.8 Å². The number of carbonyl (C=O) groups excluding carboxylic acids is 3. The van der Waals surface area contributed by atoms with E-state index in [0.717, 1.165) is 4.90 Å². The minimum Gasteiger partial charge on any atom is -0.496 e. The molecule has 0 heterocycles. The molecule has 0 bridgehead atoms. The fourth-order valence-corrected chi connectivity index (χ4v) is 5.19. The largest absolute Gasteiger partial charge is 0.496 e. The number of nitrogens with one attached hydrogen (secondary N) is 3. The van der Waals surface area contributed by atoms with E-state index in [9.17, 15) is 14.4 Å². The highest BCUT2D eigenvalue weighted by atomic mass is 32.2. The Morgan fingerprint density at radius 1 is 0.696 bits per heavy atom. The first-order valence-corrected chi connectivity index (χ1v) is 15.0. The third-order valence-corrected chi connectivity index (χ3v) is 7.84. The molecule has 0 saturated heterocycles. The van der Waals surface area contributed by atoms with Gasteiger partial charge in [-0.2, -0.15) is 0 Å². The van der Waals surface area contributed by atoms with E-state index in [-0.39, 0.29) is 11.6 Å². The first-order chi connectivity index (χ1) is 22.3. The number of hydrogen-bond acceptors (Lipinski definition) is 8. The van der Waals surface area contributed by atoms with Crippen LogP contribution in [0, 0.1) is 0 Å². The zero-order valence-corrected chi connectivity index (χ0v) is 26.9. The summed E-state index contributed by atoms with van der Waals surface area (Å²) in [7, 11) is 6.04. The topological polar surface area (TPSA) is 124 Å². The molecule has 11 heteroatoms. The van der Waals surface area contributed by atoms with Crippen LogP contribution in [0.15, 0.2) is 102 Å². The van der Waals surface area contributed by atoms with Crippen molar-refractivity contribution in [3.8, 4) is 23.0 Å². The zero-order valence-electron chi connectivity index (χ0n) is 26.1. The molecule has 0 aliphatic heterocycles. The van der Waals surface area contributed by atoms with Gasteiger partial charge in [-0.05, 0) is 67.6 Å². The lowest BCUT2D eigenvalue weighted by Gasteiger charge is -2.15. The molecular formula is C35H35N3O7S. The van der Waals surface area contributed by atoms with E-state index in [1.165, 1.54) is 39.2 Å². The monoisotopic (exact) mass is 641 g/mol. The Balaban J connectivity index is 1.52. The molecule has 0 saturated carbocycles. The molecule has 4 aromatic carbocycles. The van der Waals surface area contributed by atoms with Gasteiger partial charge in [0.25, 0.3) is 11.8 Å². The molecular weight excluding hydrogens is 606 g/mol. The van der Waals surface area contributed by atoms with Crippen molar-refractivity contribution in [2.75, 3.05) is 39.1 Å². The number of para-hydroxylation sites is 2. The van der Waals surface area contributed by atoms with E-state index in [1.807, 2.05) is 12.1 Å². The molecule has 3 amide bonds. The van der Waals surface area contributed by atoms with Crippen molar-refractivity contribution in [1.82, 2.24) is 5.32 Å². The summed E-state index contributed by atoms with van der Waals surface area (Å²) in [6.07, 6.45) is 1.50. The van der Waals surface area contributed by atoms with Gasteiger partial charge < -0.3 is 34.9 Å². The van der Waals surface area contributed by atoms with Crippen LogP contribution in [0.3, 0.4) is 0 Å². The second-order valence-corrected chi connectivity index (χ2v) is 11.2. The van der Waals surface area contributed by atoms with Crippen molar-refractivity contribution in [3.05, 3.63) is 108 Å². The molecule has 46 heavy (non-hydrogen) atoms. The van der Waals surface area contributed by atoms with E-state index in [1.54, 1.807) is 92.9 Å². The fraction of sp³-hybridized carbons (Fsp3) is 0.171. The van der Waals surface area contributed by atoms with Crippen molar-refractivity contribution >= 4 is 46.9 Å². The molecule has 4 aromatic rings. The highest BCUT2D eigenvalue weighted by Gasteiger charge is 2.19. The number of benzene rings is 4. The summed E-state index contributed by atoms with van der Waals surface area (Å²) in [4.78, 5) is 40.3. The molecule has 3 N–H and O–H groups in total. The van der Waals surface area contributed by atoms with Gasteiger partial charge in [0.05, 0.1) is 39.4 Å². The van der Waals surface area contributed by atoms with Crippen molar-refractivity contribution in [1.29, 1.82) is 0 Å². The Hall–Kier alpha value is -5.42. The Kier molecular flexibility index (Phi) is 11.7.